The van der Waals surface area contributed by atoms with E-state index in [0.29, 0.717) is 5.88 Å². The molecule has 1 fully saturated rings. The van der Waals surface area contributed by atoms with Crippen LogP contribution in [0.5, 0.6) is 0 Å². The monoisotopic (exact) mass is 240 g/mol. The van der Waals surface area contributed by atoms with Gasteiger partial charge in [-0.15, -0.1) is 11.6 Å². The minimum Gasteiger partial charge on any atom is -0.377 e. The average molecular weight is 241 g/mol. The lowest BCUT2D eigenvalue weighted by molar-refractivity contribution is 0.0820. The van der Waals surface area contributed by atoms with E-state index >= 15 is 0 Å². The van der Waals surface area contributed by atoms with E-state index in [0.717, 1.165) is 37.6 Å². The third kappa shape index (κ3) is 2.86. The molecule has 2 rings (SSSR count). The maximum Gasteiger partial charge on any atom is 0.128 e. The van der Waals surface area contributed by atoms with Crippen LogP contribution in [-0.4, -0.2) is 30.8 Å². The van der Waals surface area contributed by atoms with Crippen LogP contribution in [-0.2, 0) is 10.6 Å². The molecule has 0 aromatic carbocycles. The van der Waals surface area contributed by atoms with Crippen molar-refractivity contribution in [3.63, 3.8) is 0 Å². The summed E-state index contributed by atoms with van der Waals surface area (Å²) in [7, 11) is 0. The van der Waals surface area contributed by atoms with Gasteiger partial charge in [0.1, 0.15) is 5.82 Å². The minimum absolute atomic E-state index is 0.268. The summed E-state index contributed by atoms with van der Waals surface area (Å²) >= 11 is 5.79. The second kappa shape index (κ2) is 5.51. The zero-order valence-corrected chi connectivity index (χ0v) is 10.3. The van der Waals surface area contributed by atoms with Crippen LogP contribution in [0.25, 0.3) is 0 Å². The highest BCUT2D eigenvalue weighted by Crippen LogP contribution is 2.16. The predicted molar refractivity (Wildman–Crippen MR) is 66.0 cm³/mol. The summed E-state index contributed by atoms with van der Waals surface area (Å²) in [5.41, 5.74) is 0.928. The van der Waals surface area contributed by atoms with Crippen molar-refractivity contribution in [2.24, 2.45) is 0 Å². The number of rotatable bonds is 2. The van der Waals surface area contributed by atoms with Crippen molar-refractivity contribution >= 4 is 17.4 Å². The molecular weight excluding hydrogens is 224 g/mol. The van der Waals surface area contributed by atoms with Crippen LogP contribution < -0.4 is 4.90 Å². The number of aromatic nitrogens is 1. The van der Waals surface area contributed by atoms with E-state index in [2.05, 4.69) is 16.8 Å². The van der Waals surface area contributed by atoms with Crippen LogP contribution in [0, 0.1) is 0 Å². The van der Waals surface area contributed by atoms with Gasteiger partial charge in [-0.1, -0.05) is 6.07 Å². The van der Waals surface area contributed by atoms with E-state index in [9.17, 15) is 0 Å². The van der Waals surface area contributed by atoms with Crippen LogP contribution in [0.15, 0.2) is 18.2 Å². The molecule has 0 saturated carbocycles. The number of hydrogen-bond acceptors (Lipinski definition) is 3. The van der Waals surface area contributed by atoms with E-state index in [1.54, 1.807) is 0 Å². The Labute approximate surface area is 101 Å². The number of nitrogens with zero attached hydrogens (tertiary/aromatic N) is 2. The van der Waals surface area contributed by atoms with Crippen molar-refractivity contribution < 1.29 is 4.74 Å². The smallest absolute Gasteiger partial charge is 0.128 e. The number of anilines is 1. The SMILES string of the molecule is CC1CN(c2cccc(CCl)n2)CCCO1. The first-order valence-electron chi connectivity index (χ1n) is 5.68. The van der Waals surface area contributed by atoms with Crippen LogP contribution in [0.2, 0.25) is 0 Å². The summed E-state index contributed by atoms with van der Waals surface area (Å²) in [5.74, 6) is 1.48. The predicted octanol–water partition coefficient (Wildman–Crippen LogP) is 2.44. The second-order valence-electron chi connectivity index (χ2n) is 4.10. The number of hydrogen-bond donors (Lipinski definition) is 0. The second-order valence-corrected chi connectivity index (χ2v) is 4.37. The molecule has 4 heteroatoms. The molecule has 0 radical (unpaired) electrons. The quantitative estimate of drug-likeness (QED) is 0.743. The van der Waals surface area contributed by atoms with E-state index in [1.807, 2.05) is 18.2 Å². The van der Waals surface area contributed by atoms with Crippen molar-refractivity contribution in [2.45, 2.75) is 25.3 Å². The van der Waals surface area contributed by atoms with Gasteiger partial charge >= 0.3 is 0 Å². The summed E-state index contributed by atoms with van der Waals surface area (Å²) in [6.45, 7) is 4.85. The lowest BCUT2D eigenvalue weighted by Crippen LogP contribution is -2.30. The van der Waals surface area contributed by atoms with Crippen LogP contribution in [0.3, 0.4) is 0 Å². The first-order valence-corrected chi connectivity index (χ1v) is 6.21. The number of alkyl halides is 1. The molecule has 1 atom stereocenters. The van der Waals surface area contributed by atoms with E-state index in [1.165, 1.54) is 0 Å². The van der Waals surface area contributed by atoms with E-state index in [4.69, 9.17) is 16.3 Å². The molecule has 1 aliphatic heterocycles. The molecule has 1 unspecified atom stereocenters. The molecule has 1 aromatic rings. The Balaban J connectivity index is 2.14. The Bertz CT molecular complexity index is 346. The third-order valence-corrected chi connectivity index (χ3v) is 2.98. The van der Waals surface area contributed by atoms with Crippen molar-refractivity contribution in [3.05, 3.63) is 23.9 Å². The molecule has 0 amide bonds. The highest BCUT2D eigenvalue weighted by molar-refractivity contribution is 6.16. The normalized spacial score (nSPS) is 21.9. The van der Waals surface area contributed by atoms with Gasteiger partial charge in [0, 0.05) is 19.7 Å². The fraction of sp³-hybridized carbons (Fsp3) is 0.583. The van der Waals surface area contributed by atoms with Crippen LogP contribution in [0.4, 0.5) is 5.82 Å². The topological polar surface area (TPSA) is 25.4 Å². The molecule has 0 bridgehead atoms. The molecule has 2 heterocycles. The van der Waals surface area contributed by atoms with Gasteiger partial charge in [-0.25, -0.2) is 4.98 Å². The first-order chi connectivity index (χ1) is 7.79. The van der Waals surface area contributed by atoms with Crippen molar-refractivity contribution in [1.29, 1.82) is 0 Å². The zero-order chi connectivity index (χ0) is 11.4. The van der Waals surface area contributed by atoms with Gasteiger partial charge in [0.15, 0.2) is 0 Å². The summed E-state index contributed by atoms with van der Waals surface area (Å²) in [4.78, 5) is 6.80. The molecule has 0 spiro atoms. The van der Waals surface area contributed by atoms with Crippen LogP contribution in [0.1, 0.15) is 19.0 Å². The van der Waals surface area contributed by atoms with Gasteiger partial charge in [-0.05, 0) is 25.5 Å². The average Bonchev–Trinajstić information content (AvgIpc) is 2.54. The number of halogens is 1. The highest BCUT2D eigenvalue weighted by Gasteiger charge is 2.16. The molecule has 0 N–H and O–H groups in total. The molecule has 16 heavy (non-hydrogen) atoms. The van der Waals surface area contributed by atoms with Crippen LogP contribution >= 0.6 is 11.6 Å². The molecule has 88 valence electrons. The molecule has 1 aromatic heterocycles. The Morgan fingerprint density at radius 1 is 1.56 bits per heavy atom. The van der Waals surface area contributed by atoms with E-state index < -0.39 is 0 Å². The Morgan fingerprint density at radius 2 is 2.44 bits per heavy atom. The highest BCUT2D eigenvalue weighted by atomic mass is 35.5. The molecular formula is C12H17ClN2O. The van der Waals surface area contributed by atoms with Crippen molar-refractivity contribution in [2.75, 3.05) is 24.6 Å². The fourth-order valence-electron chi connectivity index (χ4n) is 1.92. The zero-order valence-electron chi connectivity index (χ0n) is 9.53. The number of ether oxygens (including phenoxy) is 1. The van der Waals surface area contributed by atoms with Crippen molar-refractivity contribution in [3.8, 4) is 0 Å². The van der Waals surface area contributed by atoms with Gasteiger partial charge in [0.05, 0.1) is 17.7 Å². The number of pyridine rings is 1. The molecule has 1 saturated heterocycles. The lowest BCUT2D eigenvalue weighted by atomic mass is 10.3. The Kier molecular flexibility index (Phi) is 4.02. The summed E-state index contributed by atoms with van der Waals surface area (Å²) in [6, 6.07) is 6.00. The standard InChI is InChI=1S/C12H17ClN2O/c1-10-9-15(6-3-7-16-10)12-5-2-4-11(8-13)14-12/h2,4-5,10H,3,6-9H2,1H3. The minimum atomic E-state index is 0.268. The van der Waals surface area contributed by atoms with Gasteiger partial charge in [-0.2, -0.15) is 0 Å². The molecule has 0 aliphatic carbocycles. The molecule has 1 aliphatic rings. The van der Waals surface area contributed by atoms with Crippen molar-refractivity contribution in [1.82, 2.24) is 4.98 Å². The van der Waals surface area contributed by atoms with Gasteiger partial charge in [0.25, 0.3) is 0 Å². The van der Waals surface area contributed by atoms with E-state index in [-0.39, 0.29) is 6.10 Å². The maximum atomic E-state index is 5.79. The maximum absolute atomic E-state index is 5.79. The Morgan fingerprint density at radius 3 is 3.25 bits per heavy atom. The van der Waals surface area contributed by atoms with Gasteiger partial charge in [0.2, 0.25) is 0 Å². The fourth-order valence-corrected chi connectivity index (χ4v) is 2.07. The van der Waals surface area contributed by atoms with Gasteiger partial charge in [-0.3, -0.25) is 0 Å². The lowest BCUT2D eigenvalue weighted by Gasteiger charge is -2.23. The third-order valence-electron chi connectivity index (χ3n) is 2.71. The Hall–Kier alpha value is -0.800. The largest absolute Gasteiger partial charge is 0.377 e. The summed E-state index contributed by atoms with van der Waals surface area (Å²) < 4.78 is 5.62. The molecule has 3 nitrogen and oxygen atoms in total. The first kappa shape index (κ1) is 11.7. The van der Waals surface area contributed by atoms with Gasteiger partial charge < -0.3 is 9.64 Å². The summed E-state index contributed by atoms with van der Waals surface area (Å²) in [5, 5.41) is 0. The summed E-state index contributed by atoms with van der Waals surface area (Å²) in [6.07, 6.45) is 1.32.